The molecule has 4 N–H and O–H groups in total. The van der Waals surface area contributed by atoms with Gasteiger partial charge in [0.1, 0.15) is 5.82 Å². The van der Waals surface area contributed by atoms with Crippen LogP contribution in [0.5, 0.6) is 5.88 Å². The van der Waals surface area contributed by atoms with Gasteiger partial charge in [0.05, 0.1) is 22.0 Å². The molecule has 13 heteroatoms. The number of aromatic nitrogens is 3. The molecule has 0 spiro atoms. The summed E-state index contributed by atoms with van der Waals surface area (Å²) in [6, 6.07) is 2.06. The van der Waals surface area contributed by atoms with Gasteiger partial charge in [0.25, 0.3) is 0 Å². The van der Waals surface area contributed by atoms with Crippen LogP contribution in [0.2, 0.25) is 0 Å². The van der Waals surface area contributed by atoms with E-state index in [1.807, 2.05) is 0 Å². The Balaban J connectivity index is 1.79. The van der Waals surface area contributed by atoms with Crippen molar-refractivity contribution in [3.05, 3.63) is 41.6 Å². The van der Waals surface area contributed by atoms with Crippen molar-refractivity contribution in [2.24, 2.45) is 5.73 Å². The number of nitrogens with zero attached hydrogens (tertiary/aromatic N) is 3. The van der Waals surface area contributed by atoms with Crippen molar-refractivity contribution in [2.45, 2.75) is 50.1 Å². The van der Waals surface area contributed by atoms with Gasteiger partial charge in [-0.05, 0) is 37.1 Å². The lowest BCUT2D eigenvalue weighted by molar-refractivity contribution is -0.272. The number of pyridine rings is 1. The number of halogens is 6. The molecule has 2 heterocycles. The van der Waals surface area contributed by atoms with Crippen molar-refractivity contribution in [1.82, 2.24) is 15.0 Å². The summed E-state index contributed by atoms with van der Waals surface area (Å²) in [4.78, 5) is 12.0. The minimum Gasteiger partial charge on any atom is -0.858 e. The summed E-state index contributed by atoms with van der Waals surface area (Å²) in [7, 11) is 0. The van der Waals surface area contributed by atoms with Gasteiger partial charge >= 0.3 is 12.4 Å². The molecule has 1 saturated carbocycles. The standard InChI is InChI=1S/C21H20F6N6O/c22-20(23,24)10-7-11(21(25,26)27)9-12(8-10)30-17-16-15(5-6-29-18(16)34)32-19(33-17)31-14-4-2-1-3-13(14)28/h5-9,13-14H,1-4,28H2,(H,29,34)(H2,30,31,32,33)/p-1/t13-,14?/m1/s1. The molecule has 0 saturated heterocycles. The maximum absolute atomic E-state index is 13.3. The molecule has 1 unspecified atom stereocenters. The summed E-state index contributed by atoms with van der Waals surface area (Å²) in [6.45, 7) is 0. The summed E-state index contributed by atoms with van der Waals surface area (Å²) in [5.41, 5.74) is 2.69. The molecule has 2 atom stereocenters. The second-order valence-corrected chi connectivity index (χ2v) is 8.02. The van der Waals surface area contributed by atoms with Crippen LogP contribution in [0.3, 0.4) is 0 Å². The smallest absolute Gasteiger partial charge is 0.416 e. The normalized spacial score (nSPS) is 19.3. The number of alkyl halides is 6. The molecule has 34 heavy (non-hydrogen) atoms. The molecule has 1 aliphatic carbocycles. The van der Waals surface area contributed by atoms with Crippen molar-refractivity contribution >= 4 is 28.4 Å². The van der Waals surface area contributed by atoms with Gasteiger partial charge < -0.3 is 21.5 Å². The van der Waals surface area contributed by atoms with E-state index in [1.165, 1.54) is 12.3 Å². The van der Waals surface area contributed by atoms with Crippen molar-refractivity contribution in [3.8, 4) is 5.88 Å². The molecule has 1 aliphatic rings. The monoisotopic (exact) mass is 485 g/mol. The Morgan fingerprint density at radius 3 is 2.21 bits per heavy atom. The van der Waals surface area contributed by atoms with Gasteiger partial charge in [0, 0.05) is 29.8 Å². The van der Waals surface area contributed by atoms with Crippen molar-refractivity contribution < 1.29 is 31.4 Å². The summed E-state index contributed by atoms with van der Waals surface area (Å²) >= 11 is 0. The molecule has 0 radical (unpaired) electrons. The molecule has 0 bridgehead atoms. The Morgan fingerprint density at radius 2 is 1.59 bits per heavy atom. The maximum atomic E-state index is 13.3. The topological polar surface area (TPSA) is 112 Å². The fraction of sp³-hybridized carbons (Fsp3) is 0.381. The number of nitrogens with two attached hydrogens (primary N) is 1. The number of hydrogen-bond acceptors (Lipinski definition) is 7. The van der Waals surface area contributed by atoms with E-state index in [0.717, 1.165) is 25.7 Å². The van der Waals surface area contributed by atoms with Crippen molar-refractivity contribution in [2.75, 3.05) is 10.6 Å². The summed E-state index contributed by atoms with van der Waals surface area (Å²) in [6.07, 6.45) is -5.46. The Labute approximate surface area is 189 Å². The average Bonchev–Trinajstić information content (AvgIpc) is 2.74. The number of nitrogens with one attached hydrogen (secondary N) is 2. The number of fused-ring (bicyclic) bond motifs is 1. The highest BCUT2D eigenvalue weighted by Gasteiger charge is 2.37. The molecular formula is C21H19F6N6O-. The zero-order valence-corrected chi connectivity index (χ0v) is 17.5. The van der Waals surface area contributed by atoms with Gasteiger partial charge in [-0.15, -0.1) is 0 Å². The molecule has 3 aromatic rings. The SMILES string of the molecule is N[C@@H]1CCCCC1Nc1nc(Nc2cc(C(F)(F)F)cc(C(F)(F)F)c2)c2c([O-])nccc2n1. The van der Waals surface area contributed by atoms with Crippen LogP contribution in [0.25, 0.3) is 10.9 Å². The molecule has 1 aromatic carbocycles. The Hall–Kier alpha value is -3.35. The van der Waals surface area contributed by atoms with Gasteiger partial charge in [-0.3, -0.25) is 4.98 Å². The first-order valence-corrected chi connectivity index (χ1v) is 10.3. The van der Waals surface area contributed by atoms with Crippen LogP contribution in [-0.2, 0) is 12.4 Å². The molecule has 1 fully saturated rings. The first-order valence-electron chi connectivity index (χ1n) is 10.3. The number of anilines is 3. The van der Waals surface area contributed by atoms with E-state index in [1.54, 1.807) is 0 Å². The van der Waals surface area contributed by atoms with Gasteiger partial charge in [-0.1, -0.05) is 12.8 Å². The summed E-state index contributed by atoms with van der Waals surface area (Å²) < 4.78 is 79.5. The van der Waals surface area contributed by atoms with Crippen LogP contribution < -0.4 is 21.5 Å². The lowest BCUT2D eigenvalue weighted by Crippen LogP contribution is -2.43. The second kappa shape index (κ2) is 8.78. The van der Waals surface area contributed by atoms with Crippen LogP contribution in [0.15, 0.2) is 30.5 Å². The van der Waals surface area contributed by atoms with Crippen LogP contribution in [0.4, 0.5) is 43.8 Å². The fourth-order valence-corrected chi connectivity index (χ4v) is 3.87. The van der Waals surface area contributed by atoms with Gasteiger partial charge in [0.15, 0.2) is 0 Å². The Kier molecular flexibility index (Phi) is 6.14. The number of rotatable bonds is 4. The minimum atomic E-state index is -5.03. The first-order chi connectivity index (χ1) is 15.9. The zero-order valence-electron chi connectivity index (χ0n) is 17.5. The quantitative estimate of drug-likeness (QED) is 0.465. The Morgan fingerprint density at radius 1 is 0.941 bits per heavy atom. The van der Waals surface area contributed by atoms with Crippen molar-refractivity contribution in [1.29, 1.82) is 0 Å². The molecule has 0 amide bonds. The van der Waals surface area contributed by atoms with E-state index in [4.69, 9.17) is 5.73 Å². The maximum Gasteiger partial charge on any atom is 0.416 e. The first kappa shape index (κ1) is 23.8. The lowest BCUT2D eigenvalue weighted by Gasteiger charge is -2.29. The highest BCUT2D eigenvalue weighted by molar-refractivity contribution is 5.95. The fourth-order valence-electron chi connectivity index (χ4n) is 3.87. The molecule has 2 aromatic heterocycles. The van der Waals surface area contributed by atoms with Crippen LogP contribution in [0, 0.1) is 0 Å². The second-order valence-electron chi connectivity index (χ2n) is 8.02. The van der Waals surface area contributed by atoms with Crippen LogP contribution in [0.1, 0.15) is 36.8 Å². The van der Waals surface area contributed by atoms with E-state index >= 15 is 0 Å². The van der Waals surface area contributed by atoms with Crippen LogP contribution in [-0.4, -0.2) is 27.0 Å². The van der Waals surface area contributed by atoms with E-state index in [2.05, 4.69) is 25.6 Å². The molecular weight excluding hydrogens is 466 g/mol. The highest BCUT2D eigenvalue weighted by atomic mass is 19.4. The zero-order chi connectivity index (χ0) is 24.7. The van der Waals surface area contributed by atoms with E-state index in [9.17, 15) is 31.4 Å². The third-order valence-electron chi connectivity index (χ3n) is 5.56. The Bertz CT molecular complexity index is 1170. The molecule has 7 nitrogen and oxygen atoms in total. The van der Waals surface area contributed by atoms with E-state index < -0.39 is 35.0 Å². The van der Waals surface area contributed by atoms with Gasteiger partial charge in [-0.2, -0.15) is 31.3 Å². The predicted molar refractivity (Wildman–Crippen MR) is 110 cm³/mol. The minimum absolute atomic E-state index is 0.0152. The third-order valence-corrected chi connectivity index (χ3v) is 5.56. The lowest BCUT2D eigenvalue weighted by atomic mass is 9.91. The number of hydrogen-bond donors (Lipinski definition) is 3. The highest BCUT2D eigenvalue weighted by Crippen LogP contribution is 2.39. The molecule has 0 aliphatic heterocycles. The largest absolute Gasteiger partial charge is 0.858 e. The molecule has 182 valence electrons. The summed E-state index contributed by atoms with van der Waals surface area (Å²) in [5.74, 6) is -1.03. The average molecular weight is 485 g/mol. The molecule has 4 rings (SSSR count). The van der Waals surface area contributed by atoms with Crippen molar-refractivity contribution in [3.63, 3.8) is 0 Å². The van der Waals surface area contributed by atoms with E-state index in [-0.39, 0.29) is 40.8 Å². The predicted octanol–water partition coefficient (Wildman–Crippen LogP) is 4.56. The number of benzene rings is 1. The van der Waals surface area contributed by atoms with Gasteiger partial charge in [-0.25, -0.2) is 4.98 Å². The van der Waals surface area contributed by atoms with Gasteiger partial charge in [0.2, 0.25) is 5.95 Å². The van der Waals surface area contributed by atoms with Crippen LogP contribution >= 0.6 is 0 Å². The van der Waals surface area contributed by atoms with E-state index in [0.29, 0.717) is 12.1 Å². The summed E-state index contributed by atoms with van der Waals surface area (Å²) in [5, 5.41) is 17.7. The third kappa shape index (κ3) is 5.08.